The van der Waals surface area contributed by atoms with Gasteiger partial charge in [0.15, 0.2) is 0 Å². The van der Waals surface area contributed by atoms with E-state index in [1.165, 1.54) is 0 Å². The zero-order valence-corrected chi connectivity index (χ0v) is 13.4. The van der Waals surface area contributed by atoms with Crippen LogP contribution in [0.4, 0.5) is 0 Å². The molecule has 0 saturated heterocycles. The van der Waals surface area contributed by atoms with Gasteiger partial charge in [0.05, 0.1) is 12.9 Å². The van der Waals surface area contributed by atoms with Crippen molar-refractivity contribution in [2.24, 2.45) is 5.41 Å². The third-order valence-corrected chi connectivity index (χ3v) is 5.01. The molecular weight excluding hydrogens is 272 g/mol. The minimum absolute atomic E-state index is 0.157. The number of imidazole rings is 1. The van der Waals surface area contributed by atoms with Crippen LogP contribution in [0, 0.1) is 5.41 Å². The van der Waals surface area contributed by atoms with Crippen LogP contribution >= 0.6 is 0 Å². The van der Waals surface area contributed by atoms with Gasteiger partial charge in [-0.15, -0.1) is 0 Å². The van der Waals surface area contributed by atoms with E-state index in [-0.39, 0.29) is 5.41 Å². The van der Waals surface area contributed by atoms with Crippen LogP contribution < -0.4 is 0 Å². The summed E-state index contributed by atoms with van der Waals surface area (Å²) in [5.41, 5.74) is 1.28. The van der Waals surface area contributed by atoms with Gasteiger partial charge in [-0.05, 0) is 35.8 Å². The van der Waals surface area contributed by atoms with Gasteiger partial charge in [-0.2, -0.15) is 0 Å². The molecule has 0 spiro atoms. The van der Waals surface area contributed by atoms with Crippen molar-refractivity contribution in [3.8, 4) is 0 Å². The van der Waals surface area contributed by atoms with Crippen LogP contribution in [0.5, 0.6) is 0 Å². The van der Waals surface area contributed by atoms with Gasteiger partial charge in [-0.3, -0.25) is 0 Å². The molecule has 3 nitrogen and oxygen atoms in total. The zero-order valence-electron chi connectivity index (χ0n) is 13.4. The second-order valence-electron chi connectivity index (χ2n) is 6.91. The van der Waals surface area contributed by atoms with E-state index >= 15 is 0 Å². The van der Waals surface area contributed by atoms with E-state index in [0.29, 0.717) is 6.54 Å². The summed E-state index contributed by atoms with van der Waals surface area (Å²) in [6.45, 7) is 4.89. The SMILES string of the molecule is CC1(C)CCC/C(=C\c2ccccc2)C1(O)Cn1ccnc1. The number of aliphatic hydroxyl groups is 1. The van der Waals surface area contributed by atoms with Gasteiger partial charge in [-0.25, -0.2) is 4.98 Å². The van der Waals surface area contributed by atoms with Crippen molar-refractivity contribution >= 4 is 6.08 Å². The monoisotopic (exact) mass is 296 g/mol. The Balaban J connectivity index is 2.00. The second-order valence-corrected chi connectivity index (χ2v) is 6.91. The highest BCUT2D eigenvalue weighted by Crippen LogP contribution is 2.48. The van der Waals surface area contributed by atoms with E-state index in [4.69, 9.17) is 0 Å². The topological polar surface area (TPSA) is 38.0 Å². The fraction of sp³-hybridized carbons (Fsp3) is 0.421. The fourth-order valence-electron chi connectivity index (χ4n) is 3.47. The molecule has 1 heterocycles. The molecule has 1 saturated carbocycles. The minimum atomic E-state index is -0.845. The average molecular weight is 296 g/mol. The fourth-order valence-corrected chi connectivity index (χ4v) is 3.47. The number of hydrogen-bond donors (Lipinski definition) is 1. The van der Waals surface area contributed by atoms with Crippen LogP contribution in [0.25, 0.3) is 6.08 Å². The molecule has 1 unspecified atom stereocenters. The van der Waals surface area contributed by atoms with Crippen molar-refractivity contribution in [1.29, 1.82) is 0 Å². The van der Waals surface area contributed by atoms with E-state index in [2.05, 4.69) is 37.0 Å². The van der Waals surface area contributed by atoms with Crippen molar-refractivity contribution in [2.75, 3.05) is 0 Å². The van der Waals surface area contributed by atoms with Gasteiger partial charge < -0.3 is 9.67 Å². The summed E-state index contributed by atoms with van der Waals surface area (Å²) < 4.78 is 1.98. The summed E-state index contributed by atoms with van der Waals surface area (Å²) in [5.74, 6) is 0. The van der Waals surface area contributed by atoms with Crippen LogP contribution in [0.3, 0.4) is 0 Å². The molecule has 2 aromatic rings. The summed E-state index contributed by atoms with van der Waals surface area (Å²) in [4.78, 5) is 4.11. The number of rotatable bonds is 3. The predicted octanol–water partition coefficient (Wildman–Crippen LogP) is 3.91. The molecule has 1 aromatic heterocycles. The minimum Gasteiger partial charge on any atom is -0.383 e. The second kappa shape index (κ2) is 5.73. The Morgan fingerprint density at radius 2 is 2.05 bits per heavy atom. The summed E-state index contributed by atoms with van der Waals surface area (Å²) in [6.07, 6.45) is 10.7. The molecule has 0 amide bonds. The molecule has 116 valence electrons. The number of benzene rings is 1. The van der Waals surface area contributed by atoms with Crippen LogP contribution in [0.1, 0.15) is 38.7 Å². The molecule has 22 heavy (non-hydrogen) atoms. The van der Waals surface area contributed by atoms with Crippen molar-refractivity contribution in [1.82, 2.24) is 9.55 Å². The number of hydrogen-bond acceptors (Lipinski definition) is 2. The van der Waals surface area contributed by atoms with Gasteiger partial charge >= 0.3 is 0 Å². The maximum atomic E-state index is 11.6. The number of aromatic nitrogens is 2. The quantitative estimate of drug-likeness (QED) is 0.932. The highest BCUT2D eigenvalue weighted by molar-refractivity contribution is 5.56. The molecule has 1 N–H and O–H groups in total. The Labute approximate surface area is 132 Å². The molecule has 1 aromatic carbocycles. The highest BCUT2D eigenvalue weighted by Gasteiger charge is 2.48. The van der Waals surface area contributed by atoms with E-state index in [1.54, 1.807) is 12.5 Å². The Bertz CT molecular complexity index is 643. The van der Waals surface area contributed by atoms with E-state index in [1.807, 2.05) is 29.0 Å². The van der Waals surface area contributed by atoms with E-state index in [0.717, 1.165) is 30.4 Å². The van der Waals surface area contributed by atoms with Gasteiger partial charge in [-0.1, -0.05) is 50.3 Å². The van der Waals surface area contributed by atoms with E-state index < -0.39 is 5.60 Å². The lowest BCUT2D eigenvalue weighted by molar-refractivity contribution is -0.0670. The van der Waals surface area contributed by atoms with Gasteiger partial charge in [0.25, 0.3) is 0 Å². The van der Waals surface area contributed by atoms with Crippen molar-refractivity contribution in [3.05, 3.63) is 60.2 Å². The Morgan fingerprint density at radius 1 is 1.27 bits per heavy atom. The summed E-state index contributed by atoms with van der Waals surface area (Å²) in [5, 5.41) is 11.6. The largest absolute Gasteiger partial charge is 0.383 e. The Kier molecular flexibility index (Phi) is 3.92. The molecule has 1 atom stereocenters. The van der Waals surface area contributed by atoms with Crippen LogP contribution in [-0.2, 0) is 6.54 Å². The molecule has 3 rings (SSSR count). The molecular formula is C19H24N2O. The molecule has 0 radical (unpaired) electrons. The first kappa shape index (κ1) is 15.0. The number of nitrogens with zero attached hydrogens (tertiary/aromatic N) is 2. The maximum absolute atomic E-state index is 11.6. The lowest BCUT2D eigenvalue weighted by Gasteiger charge is -2.48. The molecule has 3 heteroatoms. The third-order valence-electron chi connectivity index (χ3n) is 5.01. The summed E-state index contributed by atoms with van der Waals surface area (Å²) >= 11 is 0. The molecule has 0 bridgehead atoms. The molecule has 1 fully saturated rings. The zero-order chi connectivity index (χ0) is 15.6. The van der Waals surface area contributed by atoms with Crippen LogP contribution in [-0.4, -0.2) is 20.3 Å². The lowest BCUT2D eigenvalue weighted by Crippen LogP contribution is -2.51. The third kappa shape index (κ3) is 2.73. The van der Waals surface area contributed by atoms with Gasteiger partial charge in [0.2, 0.25) is 0 Å². The Hall–Kier alpha value is -1.87. The van der Waals surface area contributed by atoms with Crippen LogP contribution in [0.15, 0.2) is 54.6 Å². The van der Waals surface area contributed by atoms with Crippen molar-refractivity contribution in [3.63, 3.8) is 0 Å². The summed E-state index contributed by atoms with van der Waals surface area (Å²) in [7, 11) is 0. The first-order valence-electron chi connectivity index (χ1n) is 7.95. The average Bonchev–Trinajstić information content (AvgIpc) is 2.98. The maximum Gasteiger partial charge on any atom is 0.109 e. The van der Waals surface area contributed by atoms with E-state index in [9.17, 15) is 5.11 Å². The van der Waals surface area contributed by atoms with Crippen LogP contribution in [0.2, 0.25) is 0 Å². The molecule has 1 aliphatic rings. The van der Waals surface area contributed by atoms with Crippen molar-refractivity contribution < 1.29 is 5.11 Å². The van der Waals surface area contributed by atoms with Crippen molar-refractivity contribution in [2.45, 2.75) is 45.3 Å². The molecule has 1 aliphatic carbocycles. The predicted molar refractivity (Wildman–Crippen MR) is 89.2 cm³/mol. The standard InChI is InChI=1S/C19H24N2O/c1-18(2)10-6-9-17(13-16-7-4-3-5-8-16)19(18,22)14-21-12-11-20-15-21/h3-5,7-8,11-13,15,22H,6,9-10,14H2,1-2H3/b17-13+. The first-order chi connectivity index (χ1) is 10.5. The Morgan fingerprint density at radius 3 is 2.73 bits per heavy atom. The molecule has 0 aliphatic heterocycles. The normalized spacial score (nSPS) is 26.2. The van der Waals surface area contributed by atoms with Gasteiger partial charge in [0, 0.05) is 12.4 Å². The lowest BCUT2D eigenvalue weighted by atomic mass is 9.62. The first-order valence-corrected chi connectivity index (χ1v) is 7.95. The van der Waals surface area contributed by atoms with Gasteiger partial charge in [0.1, 0.15) is 5.60 Å². The smallest absolute Gasteiger partial charge is 0.109 e. The summed E-state index contributed by atoms with van der Waals surface area (Å²) in [6, 6.07) is 10.3. The highest BCUT2D eigenvalue weighted by atomic mass is 16.3.